The molecule has 6 fully saturated rings. The van der Waals surface area contributed by atoms with Crippen molar-refractivity contribution in [3.63, 3.8) is 0 Å². The van der Waals surface area contributed by atoms with Crippen molar-refractivity contribution in [1.82, 2.24) is 24.9 Å². The van der Waals surface area contributed by atoms with Gasteiger partial charge in [-0.2, -0.15) is 0 Å². The number of aliphatic hydroxyl groups is 1. The number of carbonyl (C=O) groups is 2. The second-order valence-corrected chi connectivity index (χ2v) is 20.5. The van der Waals surface area contributed by atoms with Crippen LogP contribution in [0.1, 0.15) is 63.4 Å². The number of aliphatic hydroxyl groups excluding tert-OH is 1. The molecule has 0 bridgehead atoms. The lowest BCUT2D eigenvalue weighted by Gasteiger charge is -2.53. The lowest BCUT2D eigenvalue weighted by Crippen LogP contribution is -2.59. The molecule has 12 nitrogen and oxygen atoms in total. The Morgan fingerprint density at radius 3 is 2.24 bits per heavy atom. The quantitative estimate of drug-likeness (QED) is 0.235. The Morgan fingerprint density at radius 1 is 0.831 bits per heavy atom. The Balaban J connectivity index is 0.867. The summed E-state index contributed by atoms with van der Waals surface area (Å²) < 4.78 is 42.0. The molecule has 2 aromatic carbocycles. The Morgan fingerprint density at radius 2 is 1.56 bits per heavy atom. The molecule has 1 unspecified atom stereocenters. The maximum atomic E-state index is 15.0. The zero-order chi connectivity index (χ0) is 41.1. The number of β-amino-alcohol motifs (C(OH)–C–C–N with tert-alkyl or cyclic N) is 1. The number of nitrogens with zero attached hydrogens (tertiary/aromatic N) is 5. The first-order chi connectivity index (χ1) is 28.5. The molecule has 0 spiro atoms. The van der Waals surface area contributed by atoms with Crippen molar-refractivity contribution in [2.75, 3.05) is 90.0 Å². The third-order valence-electron chi connectivity index (χ3n) is 14.7. The van der Waals surface area contributed by atoms with Crippen molar-refractivity contribution in [1.29, 1.82) is 0 Å². The SMILES string of the molecule is O=C(O)N[C@H]1CCC[C@@H]1C(CN1CCC1)(c1cccc(F)c1)C1CCN(C[C@H]2CN(c3ccc(S(=O)(=O)C4CN(C(=O)/C=C/CN5CCCCC5)C4)cc3)C[C@H]2O)CC1. The second-order valence-electron chi connectivity index (χ2n) is 18.2. The first-order valence-electron chi connectivity index (χ1n) is 22.1. The first-order valence-corrected chi connectivity index (χ1v) is 23.7. The van der Waals surface area contributed by atoms with Crippen LogP contribution in [0.4, 0.5) is 14.9 Å². The molecule has 322 valence electrons. The molecule has 2 amide bonds. The second kappa shape index (κ2) is 18.2. The van der Waals surface area contributed by atoms with Crippen LogP contribution in [0.3, 0.4) is 0 Å². The highest BCUT2D eigenvalue weighted by molar-refractivity contribution is 7.92. The number of likely N-dealkylation sites (tertiary alicyclic amines) is 4. The summed E-state index contributed by atoms with van der Waals surface area (Å²) in [6, 6.07) is 13.9. The number of piperidine rings is 2. The summed E-state index contributed by atoms with van der Waals surface area (Å²) in [6.45, 7) is 9.63. The Labute approximate surface area is 349 Å². The summed E-state index contributed by atoms with van der Waals surface area (Å²) in [5, 5.41) is 23.3. The number of benzene rings is 2. The van der Waals surface area contributed by atoms with Crippen molar-refractivity contribution in [2.24, 2.45) is 17.8 Å². The normalized spacial score (nSPS) is 27.8. The van der Waals surface area contributed by atoms with E-state index in [9.17, 15) is 28.2 Å². The number of halogens is 1. The fraction of sp³-hybridized carbons (Fsp3) is 0.644. The molecule has 5 heterocycles. The van der Waals surface area contributed by atoms with Gasteiger partial charge in [0.05, 0.1) is 11.0 Å². The highest BCUT2D eigenvalue weighted by Crippen LogP contribution is 2.51. The summed E-state index contributed by atoms with van der Waals surface area (Å²) in [5.41, 5.74) is 1.48. The van der Waals surface area contributed by atoms with Crippen LogP contribution in [0.5, 0.6) is 0 Å². The molecule has 8 rings (SSSR count). The summed E-state index contributed by atoms with van der Waals surface area (Å²) in [7, 11) is -3.59. The maximum Gasteiger partial charge on any atom is 0.404 e. The topological polar surface area (TPSA) is 137 Å². The predicted octanol–water partition coefficient (Wildman–Crippen LogP) is 4.44. The largest absolute Gasteiger partial charge is 0.465 e. The van der Waals surface area contributed by atoms with E-state index in [1.165, 1.54) is 25.3 Å². The van der Waals surface area contributed by atoms with E-state index in [1.807, 2.05) is 18.2 Å². The zero-order valence-electron chi connectivity index (χ0n) is 34.3. The molecule has 14 heteroatoms. The molecule has 5 saturated heterocycles. The molecule has 2 aromatic rings. The summed E-state index contributed by atoms with van der Waals surface area (Å²) in [4.78, 5) is 35.9. The molecule has 0 aromatic heterocycles. The average Bonchev–Trinajstić information content (AvgIpc) is 3.80. The highest BCUT2D eigenvalue weighted by atomic mass is 32.2. The molecule has 0 radical (unpaired) electrons. The lowest BCUT2D eigenvalue weighted by molar-refractivity contribution is -0.129. The van der Waals surface area contributed by atoms with Gasteiger partial charge in [0, 0.05) is 75.0 Å². The molecular formula is C45H63FN6O6S. The summed E-state index contributed by atoms with van der Waals surface area (Å²) in [6.07, 6.45) is 11.2. The van der Waals surface area contributed by atoms with Gasteiger partial charge < -0.3 is 35.1 Å². The molecule has 5 atom stereocenters. The molecule has 1 aliphatic carbocycles. The fourth-order valence-corrected chi connectivity index (χ4v) is 12.9. The van der Waals surface area contributed by atoms with Crippen LogP contribution in [-0.4, -0.2) is 153 Å². The maximum absolute atomic E-state index is 15.0. The summed E-state index contributed by atoms with van der Waals surface area (Å²) in [5.74, 6) is -0.0537. The highest BCUT2D eigenvalue weighted by Gasteiger charge is 2.53. The van der Waals surface area contributed by atoms with E-state index >= 15 is 4.39 Å². The number of anilines is 1. The van der Waals surface area contributed by atoms with Gasteiger partial charge in [0.1, 0.15) is 11.1 Å². The van der Waals surface area contributed by atoms with Gasteiger partial charge in [0.25, 0.3) is 0 Å². The van der Waals surface area contributed by atoms with Gasteiger partial charge in [-0.15, -0.1) is 0 Å². The van der Waals surface area contributed by atoms with E-state index in [1.54, 1.807) is 35.2 Å². The van der Waals surface area contributed by atoms with Crippen molar-refractivity contribution >= 4 is 27.5 Å². The lowest BCUT2D eigenvalue weighted by atomic mass is 9.57. The molecular weight excluding hydrogens is 772 g/mol. The van der Waals surface area contributed by atoms with Crippen molar-refractivity contribution in [2.45, 2.75) is 85.5 Å². The zero-order valence-corrected chi connectivity index (χ0v) is 35.2. The Hall–Kier alpha value is -3.56. The van der Waals surface area contributed by atoms with Crippen LogP contribution in [0.25, 0.3) is 0 Å². The molecule has 3 N–H and O–H groups in total. The van der Waals surface area contributed by atoms with Crippen LogP contribution >= 0.6 is 0 Å². The van der Waals surface area contributed by atoms with Crippen LogP contribution < -0.4 is 10.2 Å². The van der Waals surface area contributed by atoms with E-state index in [0.717, 1.165) is 109 Å². The Kier molecular flexibility index (Phi) is 13.0. The van der Waals surface area contributed by atoms with E-state index < -0.39 is 27.3 Å². The molecule has 59 heavy (non-hydrogen) atoms. The minimum absolute atomic E-state index is 0.0235. The summed E-state index contributed by atoms with van der Waals surface area (Å²) >= 11 is 0. The molecule has 5 aliphatic heterocycles. The van der Waals surface area contributed by atoms with Crippen LogP contribution in [0.2, 0.25) is 0 Å². The standard InChI is InChI=1S/C45H63FN6O6S/c46-36-9-4-8-35(26-36)45(32-50-22-7-23-50,40-10-5-11-41(40)47-44(55)56)34-17-24-49(25-18-34)27-33-28-51(31-42(33)53)37-13-15-38(16-14-37)59(57,58)39-29-52(30-39)43(54)12-6-21-48-19-2-1-3-20-48/h4,6,8-9,12-16,26,33-34,39-42,47,53H,1-3,5,7,10-11,17-25,27-32H2,(H,55,56)/b12-6+/t33-,40-,41-,42+,45?/m0/s1. The number of hydrogen-bond acceptors (Lipinski definition) is 9. The predicted molar refractivity (Wildman–Crippen MR) is 226 cm³/mol. The number of amides is 2. The van der Waals surface area contributed by atoms with E-state index in [4.69, 9.17) is 0 Å². The Bertz CT molecular complexity index is 1910. The van der Waals surface area contributed by atoms with E-state index in [-0.39, 0.29) is 58.9 Å². The minimum Gasteiger partial charge on any atom is -0.465 e. The van der Waals surface area contributed by atoms with Gasteiger partial charge in [-0.05, 0) is 138 Å². The van der Waals surface area contributed by atoms with Crippen LogP contribution in [0, 0.1) is 23.6 Å². The van der Waals surface area contributed by atoms with Gasteiger partial charge in [-0.1, -0.05) is 31.1 Å². The van der Waals surface area contributed by atoms with Gasteiger partial charge in [-0.3, -0.25) is 9.69 Å². The van der Waals surface area contributed by atoms with E-state index in [0.29, 0.717) is 13.1 Å². The third-order valence-corrected chi connectivity index (χ3v) is 16.8. The van der Waals surface area contributed by atoms with Crippen molar-refractivity contribution in [3.05, 3.63) is 72.1 Å². The van der Waals surface area contributed by atoms with Crippen molar-refractivity contribution in [3.8, 4) is 0 Å². The fourth-order valence-electron chi connectivity index (χ4n) is 11.3. The first kappa shape index (κ1) is 42.1. The average molecular weight is 835 g/mol. The number of carbonyl (C=O) groups excluding carboxylic acids is 1. The number of hydrogen-bond donors (Lipinski definition) is 3. The third kappa shape index (κ3) is 9.22. The van der Waals surface area contributed by atoms with Crippen LogP contribution in [0.15, 0.2) is 65.6 Å². The number of carboxylic acid groups (broad SMARTS) is 1. The number of nitrogens with one attached hydrogen (secondary N) is 1. The number of sulfone groups is 1. The minimum atomic E-state index is -3.59. The smallest absolute Gasteiger partial charge is 0.404 e. The molecule has 1 saturated carbocycles. The van der Waals surface area contributed by atoms with E-state index in [2.05, 4.69) is 31.0 Å². The van der Waals surface area contributed by atoms with Gasteiger partial charge >= 0.3 is 6.09 Å². The van der Waals surface area contributed by atoms with Gasteiger partial charge in [-0.25, -0.2) is 17.6 Å². The number of rotatable bonds is 14. The van der Waals surface area contributed by atoms with Gasteiger partial charge in [0.15, 0.2) is 9.84 Å². The monoisotopic (exact) mass is 834 g/mol. The molecule has 6 aliphatic rings. The van der Waals surface area contributed by atoms with Crippen LogP contribution in [-0.2, 0) is 20.0 Å². The van der Waals surface area contributed by atoms with Gasteiger partial charge in [0.2, 0.25) is 5.91 Å². The van der Waals surface area contributed by atoms with Crippen molar-refractivity contribution < 1.29 is 32.6 Å².